The molecule has 3 nitrogen and oxygen atoms in total. The summed E-state index contributed by atoms with van der Waals surface area (Å²) in [5.41, 5.74) is 0. The summed E-state index contributed by atoms with van der Waals surface area (Å²) in [4.78, 5) is 23.9. The van der Waals surface area contributed by atoms with Gasteiger partial charge in [-0.3, -0.25) is 9.59 Å². The lowest BCUT2D eigenvalue weighted by Gasteiger charge is -2.15. The first kappa shape index (κ1) is 14.5. The van der Waals surface area contributed by atoms with Crippen LogP contribution in [0.2, 0.25) is 0 Å². The van der Waals surface area contributed by atoms with E-state index < -0.39 is 0 Å². The fourth-order valence-electron chi connectivity index (χ4n) is 3.01. The van der Waals surface area contributed by atoms with Gasteiger partial charge in [0.2, 0.25) is 0 Å². The van der Waals surface area contributed by atoms with E-state index in [-0.39, 0.29) is 17.9 Å². The molecule has 0 N–H and O–H groups in total. The number of carbonyl (C=O) groups is 2. The number of carbonyl (C=O) groups excluding carboxylic acids is 2. The van der Waals surface area contributed by atoms with E-state index in [0.717, 1.165) is 32.1 Å². The third-order valence-corrected chi connectivity index (χ3v) is 4.55. The van der Waals surface area contributed by atoms with E-state index in [1.54, 1.807) is 0 Å². The number of hydrogen-bond acceptors (Lipinski definition) is 3. The summed E-state index contributed by atoms with van der Waals surface area (Å²) < 4.78 is 5.10. The quantitative estimate of drug-likeness (QED) is 0.497. The average molecular weight is 266 g/mol. The van der Waals surface area contributed by atoms with Gasteiger partial charge in [-0.25, -0.2) is 0 Å². The number of hydrogen-bond donors (Lipinski definition) is 0. The van der Waals surface area contributed by atoms with Crippen LogP contribution in [0.15, 0.2) is 0 Å². The summed E-state index contributed by atoms with van der Waals surface area (Å²) in [6, 6.07) is 0. The van der Waals surface area contributed by atoms with Crippen molar-refractivity contribution in [1.82, 2.24) is 0 Å². The molecule has 0 aliphatic heterocycles. The minimum atomic E-state index is -0.300. The van der Waals surface area contributed by atoms with Crippen molar-refractivity contribution in [3.05, 3.63) is 0 Å². The van der Waals surface area contributed by atoms with Crippen LogP contribution in [0.5, 0.6) is 0 Å². The van der Waals surface area contributed by atoms with Crippen LogP contribution in [0.3, 0.4) is 0 Å². The van der Waals surface area contributed by atoms with Gasteiger partial charge in [0.05, 0.1) is 5.92 Å². The summed E-state index contributed by atoms with van der Waals surface area (Å²) in [7, 11) is 0. The largest absolute Gasteiger partial charge is 0.393 e. The van der Waals surface area contributed by atoms with E-state index in [1.807, 2.05) is 0 Å². The zero-order valence-electron chi connectivity index (χ0n) is 12.2. The van der Waals surface area contributed by atoms with E-state index in [4.69, 9.17) is 4.74 Å². The van der Waals surface area contributed by atoms with Crippen molar-refractivity contribution in [2.24, 2.45) is 23.7 Å². The first-order valence-corrected chi connectivity index (χ1v) is 7.90. The first-order valence-electron chi connectivity index (χ1n) is 7.90. The van der Waals surface area contributed by atoms with Gasteiger partial charge in [0.15, 0.2) is 0 Å². The molecule has 2 fully saturated rings. The van der Waals surface area contributed by atoms with Crippen molar-refractivity contribution in [1.29, 1.82) is 0 Å². The minimum absolute atomic E-state index is 0.0325. The Hall–Kier alpha value is -0.860. The molecule has 2 unspecified atom stereocenters. The Morgan fingerprint density at radius 1 is 1.11 bits per heavy atom. The Labute approximate surface area is 116 Å². The van der Waals surface area contributed by atoms with Crippen LogP contribution >= 0.6 is 0 Å². The lowest BCUT2D eigenvalue weighted by atomic mass is 9.96. The fraction of sp³-hybridized carbons (Fsp3) is 0.875. The second kappa shape index (κ2) is 6.53. The zero-order valence-corrected chi connectivity index (χ0v) is 12.2. The molecule has 2 aliphatic rings. The van der Waals surface area contributed by atoms with Crippen LogP contribution in [-0.4, -0.2) is 11.9 Å². The summed E-state index contributed by atoms with van der Waals surface area (Å²) in [6.45, 7) is 4.19. The molecule has 2 atom stereocenters. The average Bonchev–Trinajstić information content (AvgIpc) is 3.25. The SMILES string of the molecule is CCCC(C(=O)OC(=O)CC(CC)C1CC1)C1CC1. The molecule has 2 saturated carbocycles. The highest BCUT2D eigenvalue weighted by Gasteiger charge is 2.38. The predicted octanol–water partition coefficient (Wildman–Crippen LogP) is 3.71. The molecule has 0 radical (unpaired) electrons. The fourth-order valence-corrected chi connectivity index (χ4v) is 3.01. The zero-order chi connectivity index (χ0) is 13.8. The Balaban J connectivity index is 1.77. The normalized spacial score (nSPS) is 21.8. The molecular formula is C16H26O3. The van der Waals surface area contributed by atoms with E-state index >= 15 is 0 Å². The molecular weight excluding hydrogens is 240 g/mol. The van der Waals surface area contributed by atoms with Gasteiger partial charge >= 0.3 is 11.9 Å². The lowest BCUT2D eigenvalue weighted by Crippen LogP contribution is -2.24. The van der Waals surface area contributed by atoms with Crippen molar-refractivity contribution in [2.75, 3.05) is 0 Å². The summed E-state index contributed by atoms with van der Waals surface area (Å²) in [6.07, 6.45) is 7.98. The van der Waals surface area contributed by atoms with E-state index in [2.05, 4.69) is 13.8 Å². The predicted molar refractivity (Wildman–Crippen MR) is 73.3 cm³/mol. The van der Waals surface area contributed by atoms with Crippen LogP contribution in [-0.2, 0) is 14.3 Å². The standard InChI is InChI=1S/C16H26O3/c1-3-5-14(13-8-9-13)16(18)19-15(17)10-11(4-2)12-6-7-12/h11-14H,3-10H2,1-2H3. The molecule has 0 aromatic rings. The molecule has 2 rings (SSSR count). The van der Waals surface area contributed by atoms with Crippen molar-refractivity contribution in [3.8, 4) is 0 Å². The molecule has 2 aliphatic carbocycles. The van der Waals surface area contributed by atoms with Gasteiger partial charge < -0.3 is 4.74 Å². The molecule has 19 heavy (non-hydrogen) atoms. The molecule has 0 spiro atoms. The Morgan fingerprint density at radius 2 is 1.74 bits per heavy atom. The van der Waals surface area contributed by atoms with E-state index in [0.29, 0.717) is 24.2 Å². The molecule has 0 aromatic carbocycles. The summed E-state index contributed by atoms with van der Waals surface area (Å²) in [5, 5.41) is 0. The van der Waals surface area contributed by atoms with Gasteiger partial charge in [0, 0.05) is 6.42 Å². The van der Waals surface area contributed by atoms with E-state index in [1.165, 1.54) is 12.8 Å². The van der Waals surface area contributed by atoms with Gasteiger partial charge in [-0.2, -0.15) is 0 Å². The third kappa shape index (κ3) is 4.32. The van der Waals surface area contributed by atoms with Crippen molar-refractivity contribution in [3.63, 3.8) is 0 Å². The van der Waals surface area contributed by atoms with Crippen LogP contribution in [0.1, 0.15) is 65.2 Å². The van der Waals surface area contributed by atoms with Crippen LogP contribution in [0.25, 0.3) is 0 Å². The van der Waals surface area contributed by atoms with Gasteiger partial charge in [0.25, 0.3) is 0 Å². The van der Waals surface area contributed by atoms with Crippen molar-refractivity contribution >= 4 is 11.9 Å². The van der Waals surface area contributed by atoms with Gasteiger partial charge in [-0.05, 0) is 49.9 Å². The monoisotopic (exact) mass is 266 g/mol. The van der Waals surface area contributed by atoms with Gasteiger partial charge in [-0.1, -0.05) is 26.7 Å². The van der Waals surface area contributed by atoms with Crippen molar-refractivity contribution in [2.45, 2.75) is 65.2 Å². The highest BCUT2D eigenvalue weighted by Crippen LogP contribution is 2.41. The Morgan fingerprint density at radius 3 is 2.21 bits per heavy atom. The number of ether oxygens (including phenoxy) is 1. The molecule has 0 saturated heterocycles. The smallest absolute Gasteiger partial charge is 0.316 e. The van der Waals surface area contributed by atoms with Crippen LogP contribution in [0, 0.1) is 23.7 Å². The number of esters is 2. The van der Waals surface area contributed by atoms with Gasteiger partial charge in [0.1, 0.15) is 0 Å². The molecule has 0 heterocycles. The van der Waals surface area contributed by atoms with Gasteiger partial charge in [-0.15, -0.1) is 0 Å². The topological polar surface area (TPSA) is 43.4 Å². The third-order valence-electron chi connectivity index (χ3n) is 4.55. The lowest BCUT2D eigenvalue weighted by molar-refractivity contribution is -0.164. The van der Waals surface area contributed by atoms with Crippen LogP contribution < -0.4 is 0 Å². The van der Waals surface area contributed by atoms with Crippen molar-refractivity contribution < 1.29 is 14.3 Å². The second-order valence-corrected chi connectivity index (χ2v) is 6.24. The minimum Gasteiger partial charge on any atom is -0.393 e. The maximum atomic E-state index is 12.0. The molecule has 108 valence electrons. The summed E-state index contributed by atoms with van der Waals surface area (Å²) in [5.74, 6) is 1.000. The Bertz CT molecular complexity index is 329. The maximum absolute atomic E-state index is 12.0. The Kier molecular flexibility index (Phi) is 5.00. The molecule has 0 bridgehead atoms. The first-order chi connectivity index (χ1) is 9.15. The molecule has 3 heteroatoms. The maximum Gasteiger partial charge on any atom is 0.316 e. The number of rotatable bonds is 8. The van der Waals surface area contributed by atoms with Crippen LogP contribution in [0.4, 0.5) is 0 Å². The highest BCUT2D eigenvalue weighted by molar-refractivity contribution is 5.87. The second-order valence-electron chi connectivity index (χ2n) is 6.24. The molecule has 0 aromatic heterocycles. The highest BCUT2D eigenvalue weighted by atomic mass is 16.6. The molecule has 0 amide bonds. The van der Waals surface area contributed by atoms with E-state index in [9.17, 15) is 9.59 Å². The summed E-state index contributed by atoms with van der Waals surface area (Å²) >= 11 is 0.